The molecule has 18 heavy (non-hydrogen) atoms. The molecule has 0 saturated heterocycles. The van der Waals surface area contributed by atoms with Gasteiger partial charge in [-0.25, -0.2) is 4.39 Å². The van der Waals surface area contributed by atoms with Crippen LogP contribution < -0.4 is 5.32 Å². The summed E-state index contributed by atoms with van der Waals surface area (Å²) in [4.78, 5) is 11.0. The lowest BCUT2D eigenvalue weighted by Gasteiger charge is -2.08. The predicted octanol–water partition coefficient (Wildman–Crippen LogP) is 3.72. The van der Waals surface area contributed by atoms with Gasteiger partial charge >= 0.3 is 5.00 Å². The summed E-state index contributed by atoms with van der Waals surface area (Å²) in [5.41, 5.74) is 1.63. The quantitative estimate of drug-likeness (QED) is 0.678. The molecule has 0 radical (unpaired) electrons. The third-order valence-electron chi connectivity index (χ3n) is 2.48. The molecule has 2 rings (SSSR count). The van der Waals surface area contributed by atoms with Gasteiger partial charge in [-0.1, -0.05) is 17.4 Å². The lowest BCUT2D eigenvalue weighted by Crippen LogP contribution is -1.99. The van der Waals surface area contributed by atoms with Gasteiger partial charge in [0.1, 0.15) is 5.82 Å². The van der Waals surface area contributed by atoms with Crippen molar-refractivity contribution in [2.75, 3.05) is 5.32 Å². The fraction of sp³-hybridized carbons (Fsp3) is 0.167. The van der Waals surface area contributed by atoms with Crippen molar-refractivity contribution in [1.29, 1.82) is 0 Å². The van der Waals surface area contributed by atoms with E-state index in [0.717, 1.165) is 21.8 Å². The summed E-state index contributed by atoms with van der Waals surface area (Å²) in [6, 6.07) is 7.67. The Hall–Kier alpha value is -1.95. The molecule has 1 heterocycles. The van der Waals surface area contributed by atoms with E-state index in [0.29, 0.717) is 12.2 Å². The van der Waals surface area contributed by atoms with Crippen LogP contribution in [0.1, 0.15) is 10.4 Å². The lowest BCUT2D eigenvalue weighted by molar-refractivity contribution is -0.380. The highest BCUT2D eigenvalue weighted by molar-refractivity contribution is 7.15. The second-order valence-corrected chi connectivity index (χ2v) is 4.96. The van der Waals surface area contributed by atoms with E-state index in [-0.39, 0.29) is 10.8 Å². The van der Waals surface area contributed by atoms with E-state index in [1.807, 2.05) is 6.92 Å². The molecule has 0 aliphatic rings. The van der Waals surface area contributed by atoms with Crippen molar-refractivity contribution < 1.29 is 9.31 Å². The molecule has 0 aliphatic heterocycles. The van der Waals surface area contributed by atoms with Gasteiger partial charge in [0.15, 0.2) is 0 Å². The number of nitrogens with one attached hydrogen (secondary N) is 1. The molecule has 1 aromatic heterocycles. The standard InChI is InChI=1S/C12H11FN2O2S/c1-8-2-3-9(13)6-11(8)14-7-10-4-5-12(18-10)15(16)17/h2-6,14H,7H2,1H3. The summed E-state index contributed by atoms with van der Waals surface area (Å²) in [5.74, 6) is -0.305. The predicted molar refractivity (Wildman–Crippen MR) is 69.4 cm³/mol. The fourth-order valence-electron chi connectivity index (χ4n) is 1.53. The van der Waals surface area contributed by atoms with E-state index in [1.54, 1.807) is 12.1 Å². The molecule has 0 atom stereocenters. The first-order chi connectivity index (χ1) is 8.56. The number of anilines is 1. The van der Waals surface area contributed by atoms with Gasteiger partial charge in [0.2, 0.25) is 0 Å². The summed E-state index contributed by atoms with van der Waals surface area (Å²) < 4.78 is 13.1. The van der Waals surface area contributed by atoms with E-state index in [2.05, 4.69) is 5.32 Å². The van der Waals surface area contributed by atoms with Crippen LogP contribution in [0.2, 0.25) is 0 Å². The monoisotopic (exact) mass is 266 g/mol. The van der Waals surface area contributed by atoms with Crippen molar-refractivity contribution in [2.45, 2.75) is 13.5 Å². The molecular weight excluding hydrogens is 255 g/mol. The van der Waals surface area contributed by atoms with Crippen LogP contribution in [0, 0.1) is 22.9 Å². The van der Waals surface area contributed by atoms with Crippen LogP contribution >= 0.6 is 11.3 Å². The third-order valence-corrected chi connectivity index (χ3v) is 3.52. The molecule has 1 N–H and O–H groups in total. The highest BCUT2D eigenvalue weighted by Crippen LogP contribution is 2.25. The Labute approximate surface area is 107 Å². The molecule has 0 spiro atoms. The second-order valence-electron chi connectivity index (χ2n) is 3.81. The van der Waals surface area contributed by atoms with Crippen molar-refractivity contribution >= 4 is 22.0 Å². The Morgan fingerprint density at radius 1 is 1.39 bits per heavy atom. The molecule has 0 bridgehead atoms. The Kier molecular flexibility index (Phi) is 3.57. The number of halogens is 1. The second kappa shape index (κ2) is 5.14. The minimum atomic E-state index is -0.415. The summed E-state index contributed by atoms with van der Waals surface area (Å²) in [6.45, 7) is 2.32. The molecular formula is C12H11FN2O2S. The third kappa shape index (κ3) is 2.84. The van der Waals surface area contributed by atoms with Crippen molar-refractivity contribution in [3.63, 3.8) is 0 Å². The summed E-state index contributed by atoms with van der Waals surface area (Å²) >= 11 is 1.11. The Morgan fingerprint density at radius 2 is 2.17 bits per heavy atom. The molecule has 4 nitrogen and oxygen atoms in total. The zero-order valence-electron chi connectivity index (χ0n) is 9.64. The topological polar surface area (TPSA) is 55.2 Å². The fourth-order valence-corrected chi connectivity index (χ4v) is 2.29. The minimum absolute atomic E-state index is 0.114. The number of rotatable bonds is 4. The van der Waals surface area contributed by atoms with Gasteiger partial charge in [-0.05, 0) is 30.7 Å². The Morgan fingerprint density at radius 3 is 2.83 bits per heavy atom. The van der Waals surface area contributed by atoms with Crippen LogP contribution in [-0.2, 0) is 6.54 Å². The maximum Gasteiger partial charge on any atom is 0.324 e. The first-order valence-corrected chi connectivity index (χ1v) is 6.11. The van der Waals surface area contributed by atoms with Crippen molar-refractivity contribution in [2.24, 2.45) is 0 Å². The van der Waals surface area contributed by atoms with Gasteiger partial charge < -0.3 is 5.32 Å². The highest BCUT2D eigenvalue weighted by atomic mass is 32.1. The van der Waals surface area contributed by atoms with E-state index < -0.39 is 4.92 Å². The number of thiophene rings is 1. The van der Waals surface area contributed by atoms with Gasteiger partial charge in [0, 0.05) is 23.2 Å². The zero-order valence-corrected chi connectivity index (χ0v) is 10.5. The lowest BCUT2D eigenvalue weighted by atomic mass is 10.2. The van der Waals surface area contributed by atoms with Crippen molar-refractivity contribution in [3.05, 3.63) is 56.7 Å². The Balaban J connectivity index is 2.06. The summed E-state index contributed by atoms with van der Waals surface area (Å²) in [6.07, 6.45) is 0. The number of benzene rings is 1. The molecule has 2 aromatic rings. The summed E-state index contributed by atoms with van der Waals surface area (Å²) in [5, 5.41) is 13.7. The van der Waals surface area contributed by atoms with Gasteiger partial charge in [0.05, 0.1) is 4.92 Å². The largest absolute Gasteiger partial charge is 0.380 e. The highest BCUT2D eigenvalue weighted by Gasteiger charge is 2.09. The molecule has 0 unspecified atom stereocenters. The van der Waals surface area contributed by atoms with Crippen LogP contribution in [0.3, 0.4) is 0 Å². The number of aryl methyl sites for hydroxylation is 1. The normalized spacial score (nSPS) is 10.3. The minimum Gasteiger partial charge on any atom is -0.380 e. The Bertz CT molecular complexity index is 583. The van der Waals surface area contributed by atoms with Gasteiger partial charge in [-0.2, -0.15) is 0 Å². The maximum atomic E-state index is 13.1. The number of nitrogens with zero attached hydrogens (tertiary/aromatic N) is 1. The van der Waals surface area contributed by atoms with Gasteiger partial charge in [-0.15, -0.1) is 0 Å². The average molecular weight is 266 g/mol. The molecule has 0 fully saturated rings. The molecule has 1 aromatic carbocycles. The molecule has 0 saturated carbocycles. The first-order valence-electron chi connectivity index (χ1n) is 5.29. The number of hydrogen-bond donors (Lipinski definition) is 1. The smallest absolute Gasteiger partial charge is 0.324 e. The van der Waals surface area contributed by atoms with Gasteiger partial charge in [0.25, 0.3) is 0 Å². The van der Waals surface area contributed by atoms with Crippen molar-refractivity contribution in [3.8, 4) is 0 Å². The van der Waals surface area contributed by atoms with E-state index in [9.17, 15) is 14.5 Å². The maximum absolute atomic E-state index is 13.1. The SMILES string of the molecule is Cc1ccc(F)cc1NCc1ccc([N+](=O)[O-])s1. The van der Waals surface area contributed by atoms with Crippen LogP contribution in [0.15, 0.2) is 30.3 Å². The van der Waals surface area contributed by atoms with Crippen LogP contribution in [0.4, 0.5) is 15.1 Å². The average Bonchev–Trinajstić information content (AvgIpc) is 2.79. The van der Waals surface area contributed by atoms with E-state index in [1.165, 1.54) is 18.2 Å². The van der Waals surface area contributed by atoms with E-state index in [4.69, 9.17) is 0 Å². The first kappa shape index (κ1) is 12.5. The molecule has 6 heteroatoms. The number of nitro groups is 1. The molecule has 94 valence electrons. The van der Waals surface area contributed by atoms with Gasteiger partial charge in [-0.3, -0.25) is 10.1 Å². The van der Waals surface area contributed by atoms with Crippen molar-refractivity contribution in [1.82, 2.24) is 0 Å². The molecule has 0 amide bonds. The van der Waals surface area contributed by atoms with Crippen LogP contribution in [0.25, 0.3) is 0 Å². The zero-order chi connectivity index (χ0) is 13.1. The van der Waals surface area contributed by atoms with E-state index >= 15 is 0 Å². The summed E-state index contributed by atoms with van der Waals surface area (Å²) in [7, 11) is 0. The molecule has 0 aliphatic carbocycles. The number of hydrogen-bond acceptors (Lipinski definition) is 4. The van der Waals surface area contributed by atoms with Crippen LogP contribution in [-0.4, -0.2) is 4.92 Å². The van der Waals surface area contributed by atoms with Crippen LogP contribution in [0.5, 0.6) is 0 Å².